The molecular formula is C13H19ClN2O. The highest BCUT2D eigenvalue weighted by atomic mass is 35.5. The number of benzene rings is 1. The Morgan fingerprint density at radius 1 is 1.41 bits per heavy atom. The lowest BCUT2D eigenvalue weighted by Crippen LogP contribution is -2.37. The minimum atomic E-state index is 0.389. The fourth-order valence-electron chi connectivity index (χ4n) is 2.35. The van der Waals surface area contributed by atoms with E-state index >= 15 is 0 Å². The van der Waals surface area contributed by atoms with Crippen LogP contribution in [0.25, 0.3) is 0 Å². The number of hydrogen-bond donors (Lipinski definition) is 1. The number of nitrogens with two attached hydrogens (primary N) is 1. The van der Waals surface area contributed by atoms with Gasteiger partial charge in [-0.15, -0.1) is 0 Å². The molecule has 94 valence electrons. The molecule has 1 aromatic carbocycles. The average molecular weight is 255 g/mol. The molecule has 1 aliphatic heterocycles. The van der Waals surface area contributed by atoms with Crippen molar-refractivity contribution in [2.24, 2.45) is 0 Å². The predicted octanol–water partition coefficient (Wildman–Crippen LogP) is 2.93. The maximum absolute atomic E-state index is 6.21. The molecule has 0 unspecified atom stereocenters. The van der Waals surface area contributed by atoms with Crippen molar-refractivity contribution in [2.45, 2.75) is 25.9 Å². The third kappa shape index (κ3) is 2.85. The first kappa shape index (κ1) is 12.5. The molecule has 3 nitrogen and oxygen atoms in total. The molecule has 0 amide bonds. The Morgan fingerprint density at radius 2 is 2.12 bits per heavy atom. The summed E-state index contributed by atoms with van der Waals surface area (Å²) in [5, 5.41) is 0.736. The number of ether oxygens (including phenoxy) is 1. The monoisotopic (exact) mass is 254 g/mol. The van der Waals surface area contributed by atoms with Crippen molar-refractivity contribution >= 4 is 23.0 Å². The van der Waals surface area contributed by atoms with Crippen LogP contribution in [-0.4, -0.2) is 25.8 Å². The van der Waals surface area contributed by atoms with Gasteiger partial charge in [0.2, 0.25) is 0 Å². The highest BCUT2D eigenvalue weighted by Crippen LogP contribution is 2.33. The predicted molar refractivity (Wildman–Crippen MR) is 72.7 cm³/mol. The van der Waals surface area contributed by atoms with Gasteiger partial charge < -0.3 is 15.4 Å². The summed E-state index contributed by atoms with van der Waals surface area (Å²) in [5.74, 6) is 0. The number of piperidine rings is 1. The molecule has 0 aliphatic carbocycles. The lowest BCUT2D eigenvalue weighted by atomic mass is 10.1. The van der Waals surface area contributed by atoms with E-state index in [9.17, 15) is 0 Å². The zero-order chi connectivity index (χ0) is 12.3. The molecule has 0 bridgehead atoms. The molecule has 1 heterocycles. The van der Waals surface area contributed by atoms with Gasteiger partial charge in [0.1, 0.15) is 0 Å². The standard InChI is InChI=1S/C13H19ClN2O/c1-2-17-10-6-8-16(9-7-10)13-11(14)4-3-5-12(13)15/h3-5,10H,2,6-9,15H2,1H3. The highest BCUT2D eigenvalue weighted by molar-refractivity contribution is 6.34. The SMILES string of the molecule is CCOC1CCN(c2c(N)cccc2Cl)CC1. The minimum Gasteiger partial charge on any atom is -0.397 e. The molecule has 2 N–H and O–H groups in total. The van der Waals surface area contributed by atoms with Crippen molar-refractivity contribution in [3.63, 3.8) is 0 Å². The highest BCUT2D eigenvalue weighted by Gasteiger charge is 2.22. The molecule has 0 aromatic heterocycles. The number of anilines is 2. The van der Waals surface area contributed by atoms with E-state index in [0.717, 1.165) is 48.9 Å². The molecule has 17 heavy (non-hydrogen) atoms. The van der Waals surface area contributed by atoms with E-state index in [1.165, 1.54) is 0 Å². The molecule has 0 saturated carbocycles. The topological polar surface area (TPSA) is 38.5 Å². The quantitative estimate of drug-likeness (QED) is 0.843. The minimum absolute atomic E-state index is 0.389. The Bertz CT molecular complexity index is 355. The fourth-order valence-corrected chi connectivity index (χ4v) is 2.65. The van der Waals surface area contributed by atoms with Gasteiger partial charge in [-0.05, 0) is 31.9 Å². The Hall–Kier alpha value is -0.930. The molecule has 0 radical (unpaired) electrons. The summed E-state index contributed by atoms with van der Waals surface area (Å²) < 4.78 is 5.64. The van der Waals surface area contributed by atoms with Gasteiger partial charge in [0, 0.05) is 19.7 Å². The number of para-hydroxylation sites is 1. The third-order valence-electron chi connectivity index (χ3n) is 3.18. The van der Waals surface area contributed by atoms with Crippen molar-refractivity contribution in [3.8, 4) is 0 Å². The van der Waals surface area contributed by atoms with Gasteiger partial charge in [0.25, 0.3) is 0 Å². The molecule has 0 spiro atoms. The van der Waals surface area contributed by atoms with E-state index in [1.54, 1.807) is 0 Å². The van der Waals surface area contributed by atoms with Crippen LogP contribution in [0.4, 0.5) is 11.4 Å². The lowest BCUT2D eigenvalue weighted by Gasteiger charge is -2.34. The van der Waals surface area contributed by atoms with Crippen molar-refractivity contribution in [2.75, 3.05) is 30.3 Å². The summed E-state index contributed by atoms with van der Waals surface area (Å²) >= 11 is 6.21. The summed E-state index contributed by atoms with van der Waals surface area (Å²) in [5.41, 5.74) is 7.72. The molecule has 1 aromatic rings. The van der Waals surface area contributed by atoms with E-state index < -0.39 is 0 Å². The second-order valence-corrected chi connectivity index (χ2v) is 4.73. The Morgan fingerprint density at radius 3 is 2.71 bits per heavy atom. The third-order valence-corrected chi connectivity index (χ3v) is 3.48. The maximum Gasteiger partial charge on any atom is 0.0789 e. The molecule has 1 fully saturated rings. The van der Waals surface area contributed by atoms with E-state index in [0.29, 0.717) is 6.10 Å². The van der Waals surface area contributed by atoms with Crippen LogP contribution in [0.1, 0.15) is 19.8 Å². The summed E-state index contributed by atoms with van der Waals surface area (Å²) in [4.78, 5) is 2.26. The Labute approximate surface area is 107 Å². The summed E-state index contributed by atoms with van der Waals surface area (Å²) in [6.45, 7) is 4.74. The van der Waals surface area contributed by atoms with Gasteiger partial charge in [0.05, 0.1) is 22.5 Å². The Kier molecular flexibility index (Phi) is 4.13. The van der Waals surface area contributed by atoms with Crippen LogP contribution in [0.15, 0.2) is 18.2 Å². The van der Waals surface area contributed by atoms with E-state index in [1.807, 2.05) is 25.1 Å². The second-order valence-electron chi connectivity index (χ2n) is 4.32. The fraction of sp³-hybridized carbons (Fsp3) is 0.538. The number of nitrogens with zero attached hydrogens (tertiary/aromatic N) is 1. The first-order valence-electron chi connectivity index (χ1n) is 6.13. The summed E-state index contributed by atoms with van der Waals surface area (Å²) in [6.07, 6.45) is 2.47. The van der Waals surface area contributed by atoms with Crippen LogP contribution in [0, 0.1) is 0 Å². The van der Waals surface area contributed by atoms with Crippen molar-refractivity contribution in [1.29, 1.82) is 0 Å². The lowest BCUT2D eigenvalue weighted by molar-refractivity contribution is 0.0459. The molecule has 0 atom stereocenters. The molecule has 4 heteroatoms. The summed E-state index contributed by atoms with van der Waals surface area (Å²) in [6, 6.07) is 5.67. The van der Waals surface area contributed by atoms with Crippen LogP contribution in [0.2, 0.25) is 5.02 Å². The van der Waals surface area contributed by atoms with Crippen LogP contribution in [0.5, 0.6) is 0 Å². The van der Waals surface area contributed by atoms with E-state index in [-0.39, 0.29) is 0 Å². The number of rotatable bonds is 3. The normalized spacial score (nSPS) is 17.4. The summed E-state index contributed by atoms with van der Waals surface area (Å²) in [7, 11) is 0. The maximum atomic E-state index is 6.21. The van der Waals surface area contributed by atoms with Crippen molar-refractivity contribution in [3.05, 3.63) is 23.2 Å². The number of nitrogen functional groups attached to an aromatic ring is 1. The number of hydrogen-bond acceptors (Lipinski definition) is 3. The molecular weight excluding hydrogens is 236 g/mol. The molecule has 2 rings (SSSR count). The van der Waals surface area contributed by atoms with E-state index in [4.69, 9.17) is 22.1 Å². The molecule has 1 saturated heterocycles. The molecule has 1 aliphatic rings. The van der Waals surface area contributed by atoms with Crippen LogP contribution >= 0.6 is 11.6 Å². The van der Waals surface area contributed by atoms with Crippen LogP contribution in [-0.2, 0) is 4.74 Å². The Balaban J connectivity index is 2.05. The zero-order valence-corrected chi connectivity index (χ0v) is 10.9. The van der Waals surface area contributed by atoms with Gasteiger partial charge in [-0.3, -0.25) is 0 Å². The van der Waals surface area contributed by atoms with Crippen LogP contribution < -0.4 is 10.6 Å². The number of halogens is 1. The average Bonchev–Trinajstić information content (AvgIpc) is 2.31. The first-order chi connectivity index (χ1) is 8.22. The van der Waals surface area contributed by atoms with Gasteiger partial charge in [-0.1, -0.05) is 17.7 Å². The van der Waals surface area contributed by atoms with Gasteiger partial charge >= 0.3 is 0 Å². The zero-order valence-electron chi connectivity index (χ0n) is 10.2. The largest absolute Gasteiger partial charge is 0.397 e. The van der Waals surface area contributed by atoms with Crippen molar-refractivity contribution in [1.82, 2.24) is 0 Å². The van der Waals surface area contributed by atoms with Crippen molar-refractivity contribution < 1.29 is 4.74 Å². The van der Waals surface area contributed by atoms with Gasteiger partial charge in [-0.2, -0.15) is 0 Å². The first-order valence-corrected chi connectivity index (χ1v) is 6.50. The van der Waals surface area contributed by atoms with Gasteiger partial charge in [0.15, 0.2) is 0 Å². The second kappa shape index (κ2) is 5.61. The van der Waals surface area contributed by atoms with Crippen LogP contribution in [0.3, 0.4) is 0 Å². The van der Waals surface area contributed by atoms with E-state index in [2.05, 4.69) is 4.90 Å². The van der Waals surface area contributed by atoms with Gasteiger partial charge in [-0.25, -0.2) is 0 Å². The smallest absolute Gasteiger partial charge is 0.0789 e.